The number of nitrogens with one attached hydrogen (secondary N) is 2. The van der Waals surface area contributed by atoms with Gasteiger partial charge in [-0.15, -0.1) is 0 Å². The van der Waals surface area contributed by atoms with E-state index in [9.17, 15) is 4.79 Å². The van der Waals surface area contributed by atoms with Gasteiger partial charge in [-0.25, -0.2) is 0 Å². The minimum Gasteiger partial charge on any atom is -0.355 e. The van der Waals surface area contributed by atoms with E-state index in [2.05, 4.69) is 24.5 Å². The second-order valence-electron chi connectivity index (χ2n) is 4.78. The molecule has 0 aromatic heterocycles. The number of hydrogen-bond acceptors (Lipinski definition) is 2. The zero-order chi connectivity index (χ0) is 11.8. The third-order valence-electron chi connectivity index (χ3n) is 3.25. The molecule has 1 aliphatic heterocycles. The monoisotopic (exact) mass is 226 g/mol. The van der Waals surface area contributed by atoms with E-state index < -0.39 is 0 Å². The fraction of sp³-hybridized carbons (Fsp3) is 0.923. The molecule has 0 radical (unpaired) electrons. The van der Waals surface area contributed by atoms with Gasteiger partial charge in [-0.2, -0.15) is 0 Å². The highest BCUT2D eigenvalue weighted by atomic mass is 16.2. The molecule has 1 atom stereocenters. The van der Waals surface area contributed by atoms with Crippen molar-refractivity contribution >= 4 is 5.91 Å². The zero-order valence-corrected chi connectivity index (χ0v) is 10.7. The van der Waals surface area contributed by atoms with E-state index in [-0.39, 0.29) is 11.9 Å². The smallest absolute Gasteiger partial charge is 0.237 e. The second kappa shape index (κ2) is 7.66. The molecule has 1 aliphatic rings. The van der Waals surface area contributed by atoms with Gasteiger partial charge in [-0.1, -0.05) is 26.7 Å². The quantitative estimate of drug-likeness (QED) is 0.729. The Bertz CT molecular complexity index is 200. The molecule has 1 amide bonds. The number of rotatable bonds is 6. The molecule has 1 saturated heterocycles. The first kappa shape index (κ1) is 13.5. The standard InChI is InChI=1S/C13H26N2O/c1-3-7-11(8-4-2)15-12-9-5-6-10-14-13(12)16/h11-12,15H,3-10H2,1-2H3,(H,14,16). The largest absolute Gasteiger partial charge is 0.355 e. The third-order valence-corrected chi connectivity index (χ3v) is 3.25. The van der Waals surface area contributed by atoms with Crippen molar-refractivity contribution in [3.8, 4) is 0 Å². The fourth-order valence-corrected chi connectivity index (χ4v) is 2.39. The predicted molar refractivity (Wildman–Crippen MR) is 67.4 cm³/mol. The lowest BCUT2D eigenvalue weighted by atomic mass is 10.0. The highest BCUT2D eigenvalue weighted by Gasteiger charge is 2.22. The molecule has 0 bridgehead atoms. The molecule has 0 aromatic carbocycles. The first-order chi connectivity index (χ1) is 7.77. The highest BCUT2D eigenvalue weighted by molar-refractivity contribution is 5.81. The topological polar surface area (TPSA) is 41.1 Å². The Kier molecular flexibility index (Phi) is 6.46. The number of amides is 1. The minimum absolute atomic E-state index is 0.0469. The van der Waals surface area contributed by atoms with E-state index >= 15 is 0 Å². The summed E-state index contributed by atoms with van der Waals surface area (Å²) in [6.07, 6.45) is 8.00. The number of carbonyl (C=O) groups is 1. The van der Waals surface area contributed by atoms with E-state index in [0.717, 1.165) is 25.8 Å². The summed E-state index contributed by atoms with van der Waals surface area (Å²) in [5.41, 5.74) is 0. The lowest BCUT2D eigenvalue weighted by Crippen LogP contribution is -2.47. The SMILES string of the molecule is CCCC(CCC)NC1CCCCNC1=O. The summed E-state index contributed by atoms with van der Waals surface area (Å²) in [4.78, 5) is 11.8. The normalized spacial score (nSPS) is 21.9. The fourth-order valence-electron chi connectivity index (χ4n) is 2.39. The van der Waals surface area contributed by atoms with E-state index in [1.807, 2.05) is 0 Å². The molecular weight excluding hydrogens is 200 g/mol. The molecule has 1 unspecified atom stereocenters. The lowest BCUT2D eigenvalue weighted by Gasteiger charge is -2.23. The van der Waals surface area contributed by atoms with E-state index in [1.54, 1.807) is 0 Å². The summed E-state index contributed by atoms with van der Waals surface area (Å²) < 4.78 is 0. The van der Waals surface area contributed by atoms with Gasteiger partial charge in [0, 0.05) is 12.6 Å². The molecule has 3 nitrogen and oxygen atoms in total. The summed E-state index contributed by atoms with van der Waals surface area (Å²) in [5.74, 6) is 0.203. The molecule has 94 valence electrons. The van der Waals surface area contributed by atoms with Crippen molar-refractivity contribution in [3.63, 3.8) is 0 Å². The Morgan fingerprint density at radius 3 is 2.62 bits per heavy atom. The third kappa shape index (κ3) is 4.52. The van der Waals surface area contributed by atoms with E-state index in [1.165, 1.54) is 25.7 Å². The Balaban J connectivity index is 2.43. The van der Waals surface area contributed by atoms with Gasteiger partial charge in [0.2, 0.25) is 5.91 Å². The van der Waals surface area contributed by atoms with Crippen LogP contribution < -0.4 is 10.6 Å². The maximum Gasteiger partial charge on any atom is 0.237 e. The molecule has 1 rings (SSSR count). The van der Waals surface area contributed by atoms with Gasteiger partial charge < -0.3 is 10.6 Å². The Labute approximate surface area is 99.4 Å². The van der Waals surface area contributed by atoms with Gasteiger partial charge in [0.05, 0.1) is 6.04 Å². The van der Waals surface area contributed by atoms with Crippen molar-refractivity contribution < 1.29 is 4.79 Å². The molecular formula is C13H26N2O. The molecule has 0 aliphatic carbocycles. The van der Waals surface area contributed by atoms with Crippen LogP contribution in [0.25, 0.3) is 0 Å². The summed E-state index contributed by atoms with van der Waals surface area (Å²) in [6.45, 7) is 5.26. The van der Waals surface area contributed by atoms with Crippen LogP contribution in [0.2, 0.25) is 0 Å². The van der Waals surface area contributed by atoms with Crippen LogP contribution in [0, 0.1) is 0 Å². The van der Waals surface area contributed by atoms with Crippen LogP contribution in [0.15, 0.2) is 0 Å². The molecule has 16 heavy (non-hydrogen) atoms. The van der Waals surface area contributed by atoms with Crippen LogP contribution >= 0.6 is 0 Å². The Morgan fingerprint density at radius 1 is 1.31 bits per heavy atom. The molecule has 0 aromatic rings. The van der Waals surface area contributed by atoms with Crippen molar-refractivity contribution in [1.82, 2.24) is 10.6 Å². The molecule has 1 heterocycles. The van der Waals surface area contributed by atoms with Crippen LogP contribution in [0.3, 0.4) is 0 Å². The van der Waals surface area contributed by atoms with Crippen molar-refractivity contribution in [3.05, 3.63) is 0 Å². The van der Waals surface area contributed by atoms with Gasteiger partial charge in [0.1, 0.15) is 0 Å². The summed E-state index contributed by atoms with van der Waals surface area (Å²) in [5, 5.41) is 6.52. The van der Waals surface area contributed by atoms with Crippen LogP contribution in [-0.4, -0.2) is 24.5 Å². The van der Waals surface area contributed by atoms with Crippen LogP contribution in [0.5, 0.6) is 0 Å². The van der Waals surface area contributed by atoms with Crippen LogP contribution in [0.1, 0.15) is 58.8 Å². The number of carbonyl (C=O) groups excluding carboxylic acids is 1. The van der Waals surface area contributed by atoms with E-state index in [0.29, 0.717) is 6.04 Å². The molecule has 0 spiro atoms. The second-order valence-corrected chi connectivity index (χ2v) is 4.78. The highest BCUT2D eigenvalue weighted by Crippen LogP contribution is 2.10. The summed E-state index contributed by atoms with van der Waals surface area (Å²) >= 11 is 0. The molecule has 3 heteroatoms. The van der Waals surface area contributed by atoms with Gasteiger partial charge in [0.15, 0.2) is 0 Å². The number of hydrogen-bond donors (Lipinski definition) is 2. The van der Waals surface area contributed by atoms with Crippen molar-refractivity contribution in [2.75, 3.05) is 6.54 Å². The van der Waals surface area contributed by atoms with Gasteiger partial charge >= 0.3 is 0 Å². The molecule has 1 fully saturated rings. The minimum atomic E-state index is 0.0469. The van der Waals surface area contributed by atoms with Crippen molar-refractivity contribution in [2.45, 2.75) is 70.9 Å². The van der Waals surface area contributed by atoms with Crippen LogP contribution in [-0.2, 0) is 4.79 Å². The maximum absolute atomic E-state index is 11.8. The first-order valence-corrected chi connectivity index (χ1v) is 6.81. The van der Waals surface area contributed by atoms with Crippen LogP contribution in [0.4, 0.5) is 0 Å². The maximum atomic E-state index is 11.8. The zero-order valence-electron chi connectivity index (χ0n) is 10.7. The van der Waals surface area contributed by atoms with Crippen molar-refractivity contribution in [1.29, 1.82) is 0 Å². The lowest BCUT2D eigenvalue weighted by molar-refractivity contribution is -0.123. The average Bonchev–Trinajstić information content (AvgIpc) is 2.45. The van der Waals surface area contributed by atoms with Gasteiger partial charge in [-0.05, 0) is 32.1 Å². The summed E-state index contributed by atoms with van der Waals surface area (Å²) in [6, 6.07) is 0.564. The van der Waals surface area contributed by atoms with Gasteiger partial charge in [0.25, 0.3) is 0 Å². The van der Waals surface area contributed by atoms with Crippen molar-refractivity contribution in [2.24, 2.45) is 0 Å². The molecule has 2 N–H and O–H groups in total. The Hall–Kier alpha value is -0.570. The predicted octanol–water partition coefficient (Wildman–Crippen LogP) is 2.21. The molecule has 0 saturated carbocycles. The van der Waals surface area contributed by atoms with E-state index in [4.69, 9.17) is 0 Å². The average molecular weight is 226 g/mol. The first-order valence-electron chi connectivity index (χ1n) is 6.81. The summed E-state index contributed by atoms with van der Waals surface area (Å²) in [7, 11) is 0. The van der Waals surface area contributed by atoms with Gasteiger partial charge in [-0.3, -0.25) is 4.79 Å². The Morgan fingerprint density at radius 2 is 2.00 bits per heavy atom.